The SMILES string of the molecule is CCOC(=O)C(C)Oc1ccc(CC(N)=S)cc1. The minimum atomic E-state index is -0.619. The highest BCUT2D eigenvalue weighted by molar-refractivity contribution is 7.80. The third kappa shape index (κ3) is 4.71. The normalized spacial score (nSPS) is 11.7. The third-order valence-electron chi connectivity index (χ3n) is 2.23. The second-order valence-electron chi connectivity index (χ2n) is 3.80. The number of carbonyl (C=O) groups excluding carboxylic acids is 1. The molecule has 0 radical (unpaired) electrons. The fourth-order valence-corrected chi connectivity index (χ4v) is 1.57. The Hall–Kier alpha value is -1.62. The lowest BCUT2D eigenvalue weighted by atomic mass is 10.1. The average Bonchev–Trinajstić information content (AvgIpc) is 2.31. The van der Waals surface area contributed by atoms with Crippen molar-refractivity contribution in [2.45, 2.75) is 26.4 Å². The van der Waals surface area contributed by atoms with Crippen molar-refractivity contribution in [1.29, 1.82) is 0 Å². The number of esters is 1. The first-order valence-corrected chi connectivity index (χ1v) is 6.14. The van der Waals surface area contributed by atoms with Gasteiger partial charge in [-0.25, -0.2) is 4.79 Å². The van der Waals surface area contributed by atoms with Crippen LogP contribution < -0.4 is 10.5 Å². The maximum absolute atomic E-state index is 11.4. The van der Waals surface area contributed by atoms with Gasteiger partial charge in [-0.2, -0.15) is 0 Å². The van der Waals surface area contributed by atoms with E-state index in [1.807, 2.05) is 12.1 Å². The molecule has 0 aliphatic heterocycles. The number of rotatable bonds is 6. The lowest BCUT2D eigenvalue weighted by Crippen LogP contribution is -2.26. The van der Waals surface area contributed by atoms with E-state index in [1.165, 1.54) is 0 Å². The molecule has 2 N–H and O–H groups in total. The minimum absolute atomic E-state index is 0.347. The molecule has 0 aliphatic rings. The highest BCUT2D eigenvalue weighted by atomic mass is 32.1. The largest absolute Gasteiger partial charge is 0.479 e. The van der Waals surface area contributed by atoms with Crippen LogP contribution in [0.2, 0.25) is 0 Å². The minimum Gasteiger partial charge on any atom is -0.479 e. The molecule has 98 valence electrons. The topological polar surface area (TPSA) is 61.5 Å². The Morgan fingerprint density at radius 2 is 2.00 bits per heavy atom. The van der Waals surface area contributed by atoms with E-state index in [4.69, 9.17) is 27.4 Å². The molecule has 0 saturated carbocycles. The molecule has 0 heterocycles. The van der Waals surface area contributed by atoms with Gasteiger partial charge < -0.3 is 15.2 Å². The molecule has 1 atom stereocenters. The van der Waals surface area contributed by atoms with Crippen molar-refractivity contribution in [2.75, 3.05) is 6.61 Å². The number of nitrogens with two attached hydrogens (primary N) is 1. The van der Waals surface area contributed by atoms with Crippen LogP contribution in [0.5, 0.6) is 5.75 Å². The van der Waals surface area contributed by atoms with Crippen molar-refractivity contribution in [3.63, 3.8) is 0 Å². The molecule has 0 spiro atoms. The van der Waals surface area contributed by atoms with Crippen LogP contribution in [0.3, 0.4) is 0 Å². The molecule has 0 fully saturated rings. The van der Waals surface area contributed by atoms with Gasteiger partial charge in [-0.05, 0) is 31.5 Å². The van der Waals surface area contributed by atoms with E-state index in [0.29, 0.717) is 23.8 Å². The number of benzene rings is 1. The second kappa shape index (κ2) is 6.96. The van der Waals surface area contributed by atoms with E-state index < -0.39 is 6.10 Å². The maximum Gasteiger partial charge on any atom is 0.347 e. The molecule has 18 heavy (non-hydrogen) atoms. The maximum atomic E-state index is 11.4. The van der Waals surface area contributed by atoms with Gasteiger partial charge >= 0.3 is 5.97 Å². The summed E-state index contributed by atoms with van der Waals surface area (Å²) in [6, 6.07) is 7.30. The first-order valence-electron chi connectivity index (χ1n) is 5.73. The summed E-state index contributed by atoms with van der Waals surface area (Å²) in [5.74, 6) is 0.243. The summed E-state index contributed by atoms with van der Waals surface area (Å²) in [4.78, 5) is 11.8. The molecular formula is C13H17NO3S. The van der Waals surface area contributed by atoms with Crippen LogP contribution in [0.4, 0.5) is 0 Å². The van der Waals surface area contributed by atoms with Crippen molar-refractivity contribution in [1.82, 2.24) is 0 Å². The molecule has 0 amide bonds. The zero-order chi connectivity index (χ0) is 13.5. The zero-order valence-corrected chi connectivity index (χ0v) is 11.3. The quantitative estimate of drug-likeness (QED) is 0.629. The number of carbonyl (C=O) groups is 1. The van der Waals surface area contributed by atoms with E-state index >= 15 is 0 Å². The van der Waals surface area contributed by atoms with Gasteiger partial charge in [0.1, 0.15) is 5.75 Å². The Morgan fingerprint density at radius 1 is 1.39 bits per heavy atom. The van der Waals surface area contributed by atoms with Gasteiger partial charge in [-0.1, -0.05) is 24.4 Å². The zero-order valence-electron chi connectivity index (χ0n) is 10.5. The first kappa shape index (κ1) is 14.4. The van der Waals surface area contributed by atoms with Crippen LogP contribution in [0, 0.1) is 0 Å². The van der Waals surface area contributed by atoms with Gasteiger partial charge in [0.25, 0.3) is 0 Å². The molecule has 1 rings (SSSR count). The second-order valence-corrected chi connectivity index (χ2v) is 4.32. The smallest absolute Gasteiger partial charge is 0.347 e. The van der Waals surface area contributed by atoms with E-state index in [9.17, 15) is 4.79 Å². The predicted octanol–water partition coefficient (Wildman–Crippen LogP) is 1.85. The van der Waals surface area contributed by atoms with E-state index in [-0.39, 0.29) is 5.97 Å². The van der Waals surface area contributed by atoms with Gasteiger partial charge in [-0.3, -0.25) is 0 Å². The summed E-state index contributed by atoms with van der Waals surface area (Å²) in [5, 5.41) is 0. The van der Waals surface area contributed by atoms with Crippen LogP contribution in [-0.4, -0.2) is 23.7 Å². The molecule has 0 aliphatic carbocycles. The van der Waals surface area contributed by atoms with Gasteiger partial charge in [-0.15, -0.1) is 0 Å². The van der Waals surface area contributed by atoms with E-state index in [0.717, 1.165) is 5.56 Å². The Morgan fingerprint density at radius 3 is 2.50 bits per heavy atom. The van der Waals surface area contributed by atoms with Crippen molar-refractivity contribution >= 4 is 23.2 Å². The summed E-state index contributed by atoms with van der Waals surface area (Å²) < 4.78 is 10.3. The molecule has 0 bridgehead atoms. The molecule has 5 heteroatoms. The van der Waals surface area contributed by atoms with Crippen molar-refractivity contribution < 1.29 is 14.3 Å². The highest BCUT2D eigenvalue weighted by Crippen LogP contribution is 2.14. The van der Waals surface area contributed by atoms with Crippen LogP contribution in [-0.2, 0) is 16.0 Å². The fourth-order valence-electron chi connectivity index (χ4n) is 1.40. The standard InChI is InChI=1S/C13H17NO3S/c1-3-16-13(15)9(2)17-11-6-4-10(5-7-11)8-12(14)18/h4-7,9H,3,8H2,1-2H3,(H2,14,18). The fraction of sp³-hybridized carbons (Fsp3) is 0.385. The lowest BCUT2D eigenvalue weighted by molar-refractivity contribution is -0.150. The number of thiocarbonyl (C=S) groups is 1. The molecule has 0 aromatic heterocycles. The molecule has 1 unspecified atom stereocenters. The van der Waals surface area contributed by atoms with Crippen molar-refractivity contribution in [3.05, 3.63) is 29.8 Å². The van der Waals surface area contributed by atoms with Crippen molar-refractivity contribution in [3.8, 4) is 5.75 Å². The predicted molar refractivity (Wildman–Crippen MR) is 73.7 cm³/mol. The summed E-state index contributed by atoms with van der Waals surface area (Å²) in [6.07, 6.45) is -0.0605. The number of hydrogen-bond acceptors (Lipinski definition) is 4. The number of ether oxygens (including phenoxy) is 2. The van der Waals surface area contributed by atoms with Gasteiger partial charge in [0.2, 0.25) is 0 Å². The van der Waals surface area contributed by atoms with Crippen LogP contribution in [0.15, 0.2) is 24.3 Å². The highest BCUT2D eigenvalue weighted by Gasteiger charge is 2.15. The first-order chi connectivity index (χ1) is 8.52. The van der Waals surface area contributed by atoms with Gasteiger partial charge in [0, 0.05) is 6.42 Å². The monoisotopic (exact) mass is 267 g/mol. The Balaban J connectivity index is 2.58. The Kier molecular flexibility index (Phi) is 5.58. The average molecular weight is 267 g/mol. The number of hydrogen-bond donors (Lipinski definition) is 1. The molecule has 1 aromatic rings. The van der Waals surface area contributed by atoms with Crippen molar-refractivity contribution in [2.24, 2.45) is 5.73 Å². The van der Waals surface area contributed by atoms with Crippen LogP contribution in [0.25, 0.3) is 0 Å². The summed E-state index contributed by atoms with van der Waals surface area (Å²) in [5.41, 5.74) is 6.47. The summed E-state index contributed by atoms with van der Waals surface area (Å²) >= 11 is 4.83. The van der Waals surface area contributed by atoms with E-state index in [1.54, 1.807) is 26.0 Å². The molecule has 0 saturated heterocycles. The molecule has 1 aromatic carbocycles. The Labute approximate surface area is 112 Å². The molecular weight excluding hydrogens is 250 g/mol. The van der Waals surface area contributed by atoms with E-state index in [2.05, 4.69) is 0 Å². The summed E-state index contributed by atoms with van der Waals surface area (Å²) in [6.45, 7) is 3.76. The van der Waals surface area contributed by atoms with Gasteiger partial charge in [0.05, 0.1) is 11.6 Å². The molecule has 4 nitrogen and oxygen atoms in total. The van der Waals surface area contributed by atoms with Gasteiger partial charge in [0.15, 0.2) is 6.10 Å². The van der Waals surface area contributed by atoms with Crippen LogP contribution in [0.1, 0.15) is 19.4 Å². The Bertz CT molecular complexity index is 417. The third-order valence-corrected chi connectivity index (χ3v) is 2.38. The summed E-state index contributed by atoms with van der Waals surface area (Å²) in [7, 11) is 0. The van der Waals surface area contributed by atoms with Crippen LogP contribution >= 0.6 is 12.2 Å². The lowest BCUT2D eigenvalue weighted by Gasteiger charge is -2.13.